The summed E-state index contributed by atoms with van der Waals surface area (Å²) in [5.74, 6) is 1.33. The van der Waals surface area contributed by atoms with Crippen LogP contribution in [0.25, 0.3) is 0 Å². The van der Waals surface area contributed by atoms with Gasteiger partial charge in [-0.25, -0.2) is 0 Å². The van der Waals surface area contributed by atoms with E-state index in [0.717, 1.165) is 37.5 Å². The first-order chi connectivity index (χ1) is 10.4. The molecule has 0 aliphatic heterocycles. The molecular formula is C17H33N5. The monoisotopic (exact) mass is 307 g/mol. The number of nitrogens with zero attached hydrogens (tertiary/aromatic N) is 3. The first kappa shape index (κ1) is 18.5. The SMILES string of the molecule is Cc1cc(C)n(CCCN=C(N)NC(C)CCCC(C)C)n1. The van der Waals surface area contributed by atoms with Gasteiger partial charge in [0, 0.05) is 24.8 Å². The first-order valence-corrected chi connectivity index (χ1v) is 8.46. The van der Waals surface area contributed by atoms with Crippen molar-refractivity contribution in [1.29, 1.82) is 0 Å². The Balaban J connectivity index is 2.21. The van der Waals surface area contributed by atoms with Crippen LogP contribution in [-0.2, 0) is 6.54 Å². The highest BCUT2D eigenvalue weighted by molar-refractivity contribution is 5.78. The van der Waals surface area contributed by atoms with Crippen molar-refractivity contribution in [3.8, 4) is 0 Å². The Morgan fingerprint density at radius 2 is 2.00 bits per heavy atom. The summed E-state index contributed by atoms with van der Waals surface area (Å²) in [4.78, 5) is 4.40. The maximum absolute atomic E-state index is 5.94. The maximum atomic E-state index is 5.94. The molecule has 0 aliphatic rings. The molecule has 22 heavy (non-hydrogen) atoms. The van der Waals surface area contributed by atoms with Crippen molar-refractivity contribution in [2.75, 3.05) is 6.54 Å². The minimum atomic E-state index is 0.388. The maximum Gasteiger partial charge on any atom is 0.188 e. The van der Waals surface area contributed by atoms with Gasteiger partial charge in [-0.1, -0.05) is 26.7 Å². The van der Waals surface area contributed by atoms with Gasteiger partial charge in [-0.05, 0) is 45.6 Å². The molecule has 0 radical (unpaired) electrons. The fourth-order valence-electron chi connectivity index (χ4n) is 2.52. The minimum absolute atomic E-state index is 0.388. The molecule has 1 aromatic heterocycles. The molecule has 5 nitrogen and oxygen atoms in total. The molecule has 3 N–H and O–H groups in total. The van der Waals surface area contributed by atoms with Crippen LogP contribution in [0.4, 0.5) is 0 Å². The van der Waals surface area contributed by atoms with E-state index in [1.165, 1.54) is 18.5 Å². The number of aryl methyl sites for hydroxylation is 3. The number of aromatic nitrogens is 2. The van der Waals surface area contributed by atoms with Crippen molar-refractivity contribution in [2.45, 2.75) is 72.9 Å². The highest BCUT2D eigenvalue weighted by atomic mass is 15.3. The largest absolute Gasteiger partial charge is 0.370 e. The van der Waals surface area contributed by atoms with Crippen molar-refractivity contribution in [3.05, 3.63) is 17.5 Å². The van der Waals surface area contributed by atoms with E-state index >= 15 is 0 Å². The fraction of sp³-hybridized carbons (Fsp3) is 0.765. The zero-order valence-corrected chi connectivity index (χ0v) is 14.9. The topological polar surface area (TPSA) is 68.2 Å². The van der Waals surface area contributed by atoms with Gasteiger partial charge in [-0.15, -0.1) is 0 Å². The summed E-state index contributed by atoms with van der Waals surface area (Å²) in [6.07, 6.45) is 4.59. The van der Waals surface area contributed by atoms with Crippen LogP contribution in [0.5, 0.6) is 0 Å². The van der Waals surface area contributed by atoms with Crippen LogP contribution < -0.4 is 11.1 Å². The normalized spacial score (nSPS) is 13.6. The second-order valence-corrected chi connectivity index (χ2v) is 6.64. The summed E-state index contributed by atoms with van der Waals surface area (Å²) >= 11 is 0. The molecule has 0 aromatic carbocycles. The molecule has 5 heteroatoms. The zero-order chi connectivity index (χ0) is 16.5. The van der Waals surface area contributed by atoms with Crippen molar-refractivity contribution >= 4 is 5.96 Å². The van der Waals surface area contributed by atoms with E-state index in [4.69, 9.17) is 5.73 Å². The van der Waals surface area contributed by atoms with Crippen molar-refractivity contribution in [2.24, 2.45) is 16.6 Å². The number of guanidine groups is 1. The number of rotatable bonds is 9. The highest BCUT2D eigenvalue weighted by Crippen LogP contribution is 2.08. The van der Waals surface area contributed by atoms with Gasteiger partial charge in [0.25, 0.3) is 0 Å². The molecule has 1 rings (SSSR count). The minimum Gasteiger partial charge on any atom is -0.370 e. The Bertz CT molecular complexity index is 462. The van der Waals surface area contributed by atoms with E-state index in [1.807, 2.05) is 11.6 Å². The van der Waals surface area contributed by atoms with Crippen molar-refractivity contribution in [1.82, 2.24) is 15.1 Å². The Labute approximate surface area is 135 Å². The van der Waals surface area contributed by atoms with Gasteiger partial charge in [-0.2, -0.15) is 5.10 Å². The molecular weight excluding hydrogens is 274 g/mol. The Hall–Kier alpha value is -1.52. The van der Waals surface area contributed by atoms with E-state index < -0.39 is 0 Å². The van der Waals surface area contributed by atoms with E-state index in [2.05, 4.69) is 49.2 Å². The van der Waals surface area contributed by atoms with E-state index in [9.17, 15) is 0 Å². The van der Waals surface area contributed by atoms with Crippen molar-refractivity contribution < 1.29 is 0 Å². The lowest BCUT2D eigenvalue weighted by Gasteiger charge is -2.15. The number of hydrogen-bond donors (Lipinski definition) is 2. The van der Waals surface area contributed by atoms with Crippen LogP contribution in [0, 0.1) is 19.8 Å². The zero-order valence-electron chi connectivity index (χ0n) is 14.9. The quantitative estimate of drug-likeness (QED) is 0.418. The summed E-state index contributed by atoms with van der Waals surface area (Å²) in [5, 5.41) is 7.72. The molecule has 0 fully saturated rings. The van der Waals surface area contributed by atoms with Gasteiger partial charge in [-0.3, -0.25) is 9.67 Å². The average Bonchev–Trinajstić information content (AvgIpc) is 2.72. The Morgan fingerprint density at radius 1 is 1.27 bits per heavy atom. The average molecular weight is 307 g/mol. The third-order valence-corrected chi connectivity index (χ3v) is 3.73. The number of aliphatic imine (C=N–C) groups is 1. The lowest BCUT2D eigenvalue weighted by molar-refractivity contribution is 0.493. The molecule has 1 heterocycles. The van der Waals surface area contributed by atoms with Gasteiger partial charge in [0.1, 0.15) is 0 Å². The van der Waals surface area contributed by atoms with Crippen LogP contribution >= 0.6 is 0 Å². The lowest BCUT2D eigenvalue weighted by Crippen LogP contribution is -2.38. The first-order valence-electron chi connectivity index (χ1n) is 8.46. The Morgan fingerprint density at radius 3 is 2.59 bits per heavy atom. The molecule has 0 aliphatic carbocycles. The standard InChI is InChI=1S/C17H33N5/c1-13(2)8-6-9-14(3)20-17(18)19-10-7-11-22-16(5)12-15(4)21-22/h12-14H,6-11H2,1-5H3,(H3,18,19,20). The molecule has 0 spiro atoms. The molecule has 1 unspecified atom stereocenters. The predicted octanol–water partition coefficient (Wildman–Crippen LogP) is 3.01. The van der Waals surface area contributed by atoms with E-state index in [-0.39, 0.29) is 0 Å². The van der Waals surface area contributed by atoms with Gasteiger partial charge in [0.2, 0.25) is 0 Å². The third-order valence-electron chi connectivity index (χ3n) is 3.73. The molecule has 1 aromatic rings. The van der Waals surface area contributed by atoms with Gasteiger partial charge in [0.05, 0.1) is 5.69 Å². The third kappa shape index (κ3) is 7.48. The van der Waals surface area contributed by atoms with Crippen LogP contribution in [-0.4, -0.2) is 28.3 Å². The van der Waals surface area contributed by atoms with Crippen molar-refractivity contribution in [3.63, 3.8) is 0 Å². The van der Waals surface area contributed by atoms with Crippen LogP contribution in [0.3, 0.4) is 0 Å². The lowest BCUT2D eigenvalue weighted by atomic mass is 10.0. The summed E-state index contributed by atoms with van der Waals surface area (Å²) in [5.41, 5.74) is 8.20. The Kier molecular flexibility index (Phi) is 7.99. The van der Waals surface area contributed by atoms with Gasteiger partial charge in [0.15, 0.2) is 5.96 Å². The molecule has 0 bridgehead atoms. The second-order valence-electron chi connectivity index (χ2n) is 6.64. The van der Waals surface area contributed by atoms with Crippen LogP contribution in [0.15, 0.2) is 11.1 Å². The summed E-state index contributed by atoms with van der Waals surface area (Å²) in [6, 6.07) is 2.48. The molecule has 126 valence electrons. The van der Waals surface area contributed by atoms with Gasteiger partial charge < -0.3 is 11.1 Å². The van der Waals surface area contributed by atoms with Crippen LogP contribution in [0.2, 0.25) is 0 Å². The van der Waals surface area contributed by atoms with E-state index in [1.54, 1.807) is 0 Å². The predicted molar refractivity (Wildman–Crippen MR) is 94.1 cm³/mol. The molecule has 0 saturated heterocycles. The molecule has 0 amide bonds. The molecule has 1 atom stereocenters. The smallest absolute Gasteiger partial charge is 0.188 e. The van der Waals surface area contributed by atoms with Crippen LogP contribution in [0.1, 0.15) is 57.8 Å². The second kappa shape index (κ2) is 9.49. The summed E-state index contributed by atoms with van der Waals surface area (Å²) < 4.78 is 2.03. The molecule has 0 saturated carbocycles. The number of nitrogens with two attached hydrogens (primary N) is 1. The number of hydrogen-bond acceptors (Lipinski definition) is 2. The highest BCUT2D eigenvalue weighted by Gasteiger charge is 2.04. The summed E-state index contributed by atoms with van der Waals surface area (Å²) in [6.45, 7) is 12.4. The fourth-order valence-corrected chi connectivity index (χ4v) is 2.52. The summed E-state index contributed by atoms with van der Waals surface area (Å²) in [7, 11) is 0. The number of nitrogens with one attached hydrogen (secondary N) is 1. The van der Waals surface area contributed by atoms with Gasteiger partial charge >= 0.3 is 0 Å². The van der Waals surface area contributed by atoms with E-state index in [0.29, 0.717) is 12.0 Å².